The Labute approximate surface area is 180 Å². The van der Waals surface area contributed by atoms with Crippen LogP contribution in [0.25, 0.3) is 0 Å². The molecule has 3 aromatic carbocycles. The molecule has 0 aliphatic heterocycles. The summed E-state index contributed by atoms with van der Waals surface area (Å²) in [5, 5.41) is 1.02. The van der Waals surface area contributed by atoms with Gasteiger partial charge in [-0.25, -0.2) is 0 Å². The molecule has 28 heavy (non-hydrogen) atoms. The van der Waals surface area contributed by atoms with Crippen molar-refractivity contribution in [1.82, 2.24) is 0 Å². The number of thioether (sulfide) groups is 1. The van der Waals surface area contributed by atoms with Crippen molar-refractivity contribution >= 4 is 46.4 Å². The Morgan fingerprint density at radius 3 is 2.21 bits per heavy atom. The van der Waals surface area contributed by atoms with Crippen LogP contribution in [0.15, 0.2) is 77.7 Å². The molecule has 0 aliphatic rings. The largest absolute Gasteiger partial charge is 0.378 e. The molecule has 0 N–H and O–H groups in total. The lowest BCUT2D eigenvalue weighted by atomic mass is 10.0. The zero-order valence-electron chi connectivity index (χ0n) is 15.7. The maximum Gasteiger partial charge on any atom is 0.164 e. The fraction of sp³-hybridized carbons (Fsp3) is 0.174. The molecule has 0 aliphatic carbocycles. The molecule has 0 radical (unpaired) electrons. The van der Waals surface area contributed by atoms with Crippen molar-refractivity contribution in [1.29, 1.82) is 0 Å². The minimum absolute atomic E-state index is 0.0267. The molecule has 1 atom stereocenters. The second-order valence-electron chi connectivity index (χ2n) is 6.66. The highest BCUT2D eigenvalue weighted by molar-refractivity contribution is 7.99. The van der Waals surface area contributed by atoms with Gasteiger partial charge in [-0.05, 0) is 35.9 Å². The highest BCUT2D eigenvalue weighted by Gasteiger charge is 2.19. The van der Waals surface area contributed by atoms with Crippen LogP contribution in [-0.2, 0) is 0 Å². The van der Waals surface area contributed by atoms with Crippen LogP contribution in [0.2, 0.25) is 10.0 Å². The SMILES string of the molecule is CN(C)c1ccc([C@@H](CC(=O)c2ccccc2)Sc2ccc(Cl)c(Cl)c2)cc1. The Balaban J connectivity index is 1.88. The van der Waals surface area contributed by atoms with Gasteiger partial charge in [-0.15, -0.1) is 11.8 Å². The fourth-order valence-electron chi connectivity index (χ4n) is 2.84. The fourth-order valence-corrected chi connectivity index (χ4v) is 4.39. The molecule has 2 nitrogen and oxygen atoms in total. The standard InChI is InChI=1S/C23H21Cl2NOS/c1-26(2)18-10-8-17(9-11-18)23(15-22(27)16-6-4-3-5-7-16)28-19-12-13-20(24)21(25)14-19/h3-14,23H,15H2,1-2H3/t23-/m1/s1. The predicted molar refractivity (Wildman–Crippen MR) is 121 cm³/mol. The molecule has 0 fully saturated rings. The van der Waals surface area contributed by atoms with E-state index < -0.39 is 0 Å². The van der Waals surface area contributed by atoms with E-state index >= 15 is 0 Å². The van der Waals surface area contributed by atoms with Crippen molar-refractivity contribution in [2.75, 3.05) is 19.0 Å². The minimum atomic E-state index is -0.0267. The number of carbonyl (C=O) groups excluding carboxylic acids is 1. The first-order chi connectivity index (χ1) is 13.4. The number of halogens is 2. The van der Waals surface area contributed by atoms with Crippen LogP contribution in [0, 0.1) is 0 Å². The molecule has 0 bridgehead atoms. The molecule has 0 spiro atoms. The van der Waals surface area contributed by atoms with E-state index in [2.05, 4.69) is 29.2 Å². The summed E-state index contributed by atoms with van der Waals surface area (Å²) in [6.45, 7) is 0. The zero-order chi connectivity index (χ0) is 20.1. The molecule has 0 unspecified atom stereocenters. The summed E-state index contributed by atoms with van der Waals surface area (Å²) >= 11 is 13.9. The minimum Gasteiger partial charge on any atom is -0.378 e. The monoisotopic (exact) mass is 429 g/mol. The molecule has 144 valence electrons. The zero-order valence-corrected chi connectivity index (χ0v) is 18.1. The van der Waals surface area contributed by atoms with Crippen LogP contribution in [0.3, 0.4) is 0 Å². The van der Waals surface area contributed by atoms with Gasteiger partial charge in [0, 0.05) is 41.9 Å². The molecule has 5 heteroatoms. The van der Waals surface area contributed by atoms with E-state index in [9.17, 15) is 4.79 Å². The average Bonchev–Trinajstić information content (AvgIpc) is 2.71. The summed E-state index contributed by atoms with van der Waals surface area (Å²) in [7, 11) is 4.02. The van der Waals surface area contributed by atoms with E-state index in [0.29, 0.717) is 16.5 Å². The Morgan fingerprint density at radius 2 is 1.61 bits per heavy atom. The number of anilines is 1. The van der Waals surface area contributed by atoms with Crippen LogP contribution in [0.1, 0.15) is 27.6 Å². The predicted octanol–water partition coefficient (Wildman–Crippen LogP) is 7.17. The van der Waals surface area contributed by atoms with Crippen molar-refractivity contribution in [3.63, 3.8) is 0 Å². The van der Waals surface area contributed by atoms with Crippen molar-refractivity contribution in [2.45, 2.75) is 16.6 Å². The third kappa shape index (κ3) is 5.32. The number of carbonyl (C=O) groups is 1. The van der Waals surface area contributed by atoms with Crippen molar-refractivity contribution in [3.05, 3.63) is 94.0 Å². The van der Waals surface area contributed by atoms with Gasteiger partial charge in [-0.2, -0.15) is 0 Å². The van der Waals surface area contributed by atoms with Crippen LogP contribution in [0.4, 0.5) is 5.69 Å². The molecule has 0 heterocycles. The van der Waals surface area contributed by atoms with Gasteiger partial charge in [0.05, 0.1) is 10.0 Å². The first kappa shape index (κ1) is 20.8. The maximum atomic E-state index is 12.8. The van der Waals surface area contributed by atoms with Gasteiger partial charge in [0.15, 0.2) is 5.78 Å². The molecule has 3 aromatic rings. The summed E-state index contributed by atoms with van der Waals surface area (Å²) in [6, 6.07) is 23.3. The first-order valence-corrected chi connectivity index (χ1v) is 10.5. The number of ketones is 1. The van der Waals surface area contributed by atoms with Crippen LogP contribution >= 0.6 is 35.0 Å². The Bertz CT molecular complexity index is 943. The third-order valence-corrected chi connectivity index (χ3v) is 6.41. The van der Waals surface area contributed by atoms with Gasteiger partial charge < -0.3 is 4.90 Å². The van der Waals surface area contributed by atoms with Gasteiger partial charge in [-0.1, -0.05) is 65.7 Å². The number of hydrogen-bond donors (Lipinski definition) is 0. The molecule has 0 saturated carbocycles. The van der Waals surface area contributed by atoms with Crippen molar-refractivity contribution in [3.8, 4) is 0 Å². The topological polar surface area (TPSA) is 20.3 Å². The summed E-state index contributed by atoms with van der Waals surface area (Å²) < 4.78 is 0. The van der Waals surface area contributed by atoms with E-state index in [1.165, 1.54) is 0 Å². The first-order valence-electron chi connectivity index (χ1n) is 8.91. The van der Waals surface area contributed by atoms with Gasteiger partial charge >= 0.3 is 0 Å². The number of Topliss-reactive ketones (excluding diaryl/α,β-unsaturated/α-hetero) is 1. The molecule has 0 amide bonds. The number of benzene rings is 3. The molecular formula is C23H21Cl2NOS. The lowest BCUT2D eigenvalue weighted by Gasteiger charge is -2.19. The average molecular weight is 430 g/mol. The van der Waals surface area contributed by atoms with E-state index in [-0.39, 0.29) is 11.0 Å². The Morgan fingerprint density at radius 1 is 0.929 bits per heavy atom. The molecule has 0 aromatic heterocycles. The Hall–Kier alpha value is -1.94. The molecular weight excluding hydrogens is 409 g/mol. The third-order valence-electron chi connectivity index (χ3n) is 4.42. The Kier molecular flexibility index (Phi) is 7.06. The lowest BCUT2D eigenvalue weighted by Crippen LogP contribution is -2.09. The van der Waals surface area contributed by atoms with Crippen LogP contribution in [0.5, 0.6) is 0 Å². The van der Waals surface area contributed by atoms with Gasteiger partial charge in [0.2, 0.25) is 0 Å². The molecule has 0 saturated heterocycles. The second-order valence-corrected chi connectivity index (χ2v) is 8.75. The maximum absolute atomic E-state index is 12.8. The van der Waals surface area contributed by atoms with E-state index in [0.717, 1.165) is 21.7 Å². The van der Waals surface area contributed by atoms with Crippen LogP contribution < -0.4 is 4.90 Å². The number of rotatable bonds is 7. The van der Waals surface area contributed by atoms with Gasteiger partial charge in [-0.3, -0.25) is 4.79 Å². The van der Waals surface area contributed by atoms with Crippen LogP contribution in [-0.4, -0.2) is 19.9 Å². The summed E-state index contributed by atoms with van der Waals surface area (Å²) in [5.41, 5.74) is 2.95. The highest BCUT2D eigenvalue weighted by Crippen LogP contribution is 2.40. The van der Waals surface area contributed by atoms with E-state index in [1.807, 2.05) is 56.6 Å². The van der Waals surface area contributed by atoms with Gasteiger partial charge in [0.25, 0.3) is 0 Å². The highest BCUT2D eigenvalue weighted by atomic mass is 35.5. The summed E-state index contributed by atoms with van der Waals surface area (Å²) in [6.07, 6.45) is 0.399. The smallest absolute Gasteiger partial charge is 0.164 e. The van der Waals surface area contributed by atoms with Crippen molar-refractivity contribution < 1.29 is 4.79 Å². The summed E-state index contributed by atoms with van der Waals surface area (Å²) in [5.74, 6) is 0.120. The molecule has 3 rings (SSSR count). The van der Waals surface area contributed by atoms with Gasteiger partial charge in [0.1, 0.15) is 0 Å². The van der Waals surface area contributed by atoms with Crippen molar-refractivity contribution in [2.24, 2.45) is 0 Å². The quantitative estimate of drug-likeness (QED) is 0.293. The normalized spacial score (nSPS) is 11.9. The lowest BCUT2D eigenvalue weighted by molar-refractivity contribution is 0.0982. The second kappa shape index (κ2) is 9.51. The number of nitrogens with zero attached hydrogens (tertiary/aromatic N) is 1. The number of hydrogen-bond acceptors (Lipinski definition) is 3. The summed E-state index contributed by atoms with van der Waals surface area (Å²) in [4.78, 5) is 15.9. The van der Waals surface area contributed by atoms with E-state index in [4.69, 9.17) is 23.2 Å². The van der Waals surface area contributed by atoms with E-state index in [1.54, 1.807) is 17.8 Å².